The Labute approximate surface area is 175 Å². The molecular formula is C23H26N4O3. The first kappa shape index (κ1) is 19.9. The minimum atomic E-state index is -0.146. The first-order valence-electron chi connectivity index (χ1n) is 10.2. The van der Waals surface area contributed by atoms with E-state index in [0.717, 1.165) is 53.5 Å². The van der Waals surface area contributed by atoms with E-state index in [9.17, 15) is 4.79 Å². The number of ether oxygens (including phenoxy) is 2. The van der Waals surface area contributed by atoms with Gasteiger partial charge in [-0.1, -0.05) is 6.92 Å². The third-order valence-electron chi connectivity index (χ3n) is 5.52. The van der Waals surface area contributed by atoms with Crippen LogP contribution < -0.4 is 19.9 Å². The number of hydrogen-bond donors (Lipinski definition) is 1. The molecule has 4 rings (SSSR count). The van der Waals surface area contributed by atoms with E-state index >= 15 is 0 Å². The lowest BCUT2D eigenvalue weighted by atomic mass is 10.0. The summed E-state index contributed by atoms with van der Waals surface area (Å²) in [6.45, 7) is 2.90. The summed E-state index contributed by atoms with van der Waals surface area (Å²) < 4.78 is 11.0. The van der Waals surface area contributed by atoms with Crippen LogP contribution in [0.15, 0.2) is 47.4 Å². The summed E-state index contributed by atoms with van der Waals surface area (Å²) >= 11 is 0. The van der Waals surface area contributed by atoms with Gasteiger partial charge in [0.05, 0.1) is 20.3 Å². The van der Waals surface area contributed by atoms with Crippen LogP contribution in [0.2, 0.25) is 0 Å². The van der Waals surface area contributed by atoms with E-state index in [2.05, 4.69) is 25.9 Å². The maximum Gasteiger partial charge on any atom is 0.251 e. The molecule has 1 saturated heterocycles. The summed E-state index contributed by atoms with van der Waals surface area (Å²) in [5.74, 6) is 3.04. The van der Waals surface area contributed by atoms with E-state index in [0.29, 0.717) is 12.2 Å². The average Bonchev–Trinajstić information content (AvgIpc) is 3.28. The summed E-state index contributed by atoms with van der Waals surface area (Å²) in [6.07, 6.45) is 4.59. The maximum absolute atomic E-state index is 11.9. The van der Waals surface area contributed by atoms with Gasteiger partial charge in [0.1, 0.15) is 23.1 Å². The third-order valence-corrected chi connectivity index (χ3v) is 5.52. The van der Waals surface area contributed by atoms with Gasteiger partial charge in [-0.3, -0.25) is 4.79 Å². The molecule has 0 aliphatic carbocycles. The minimum absolute atomic E-state index is 0.146. The van der Waals surface area contributed by atoms with Crippen molar-refractivity contribution < 1.29 is 9.47 Å². The number of methoxy groups -OCH3 is 2. The Bertz CT molecular complexity index is 1080. The van der Waals surface area contributed by atoms with Crippen LogP contribution in [-0.2, 0) is 6.42 Å². The first-order chi connectivity index (χ1) is 14.6. The summed E-state index contributed by atoms with van der Waals surface area (Å²) in [5, 5.41) is 0. The van der Waals surface area contributed by atoms with Crippen molar-refractivity contribution in [2.45, 2.75) is 32.2 Å². The van der Waals surface area contributed by atoms with Crippen LogP contribution in [0.5, 0.6) is 11.5 Å². The second-order valence-electron chi connectivity index (χ2n) is 7.30. The van der Waals surface area contributed by atoms with Crippen molar-refractivity contribution in [3.05, 3.63) is 64.2 Å². The average molecular weight is 406 g/mol. The molecule has 1 fully saturated rings. The van der Waals surface area contributed by atoms with Gasteiger partial charge < -0.3 is 19.4 Å². The van der Waals surface area contributed by atoms with Crippen LogP contribution in [0.1, 0.15) is 37.1 Å². The number of rotatable bonds is 6. The molecule has 0 saturated carbocycles. The molecule has 3 heterocycles. The van der Waals surface area contributed by atoms with Gasteiger partial charge in [0.2, 0.25) is 0 Å². The highest BCUT2D eigenvalue weighted by Gasteiger charge is 2.29. The number of hydrogen-bond acceptors (Lipinski definition) is 6. The second-order valence-corrected chi connectivity index (χ2v) is 7.30. The number of nitrogens with one attached hydrogen (secondary N) is 1. The summed E-state index contributed by atoms with van der Waals surface area (Å²) in [5.41, 5.74) is 2.54. The van der Waals surface area contributed by atoms with Gasteiger partial charge in [0.15, 0.2) is 0 Å². The predicted molar refractivity (Wildman–Crippen MR) is 116 cm³/mol. The number of aryl methyl sites for hydroxylation is 1. The van der Waals surface area contributed by atoms with Gasteiger partial charge in [0, 0.05) is 41.7 Å². The molecule has 1 aliphatic rings. The fourth-order valence-corrected chi connectivity index (χ4v) is 3.98. The van der Waals surface area contributed by atoms with Gasteiger partial charge in [-0.25, -0.2) is 9.97 Å². The molecule has 2 aromatic heterocycles. The van der Waals surface area contributed by atoms with Gasteiger partial charge in [-0.15, -0.1) is 0 Å². The van der Waals surface area contributed by atoms with E-state index < -0.39 is 0 Å². The van der Waals surface area contributed by atoms with Crippen LogP contribution in [0.25, 0.3) is 11.4 Å². The van der Waals surface area contributed by atoms with Crippen molar-refractivity contribution in [3.8, 4) is 22.9 Å². The number of aromatic nitrogens is 3. The summed E-state index contributed by atoms with van der Waals surface area (Å²) in [6, 6.07) is 11.6. The zero-order chi connectivity index (χ0) is 21.1. The largest absolute Gasteiger partial charge is 0.497 e. The molecule has 0 amide bonds. The molecule has 30 heavy (non-hydrogen) atoms. The zero-order valence-corrected chi connectivity index (χ0v) is 17.5. The quantitative estimate of drug-likeness (QED) is 0.672. The van der Waals surface area contributed by atoms with Crippen LogP contribution in [-0.4, -0.2) is 35.7 Å². The van der Waals surface area contributed by atoms with E-state index in [1.807, 2.05) is 31.2 Å². The fraction of sp³-hybridized carbons (Fsp3) is 0.348. The molecule has 1 aromatic carbocycles. The SMILES string of the molecule is CCc1cc(=O)[nH]c(-c2ccc(N3CCCC3c3ccc(OC)cc3OC)nc2)n1. The molecule has 1 aliphatic heterocycles. The van der Waals surface area contributed by atoms with Crippen molar-refractivity contribution in [1.82, 2.24) is 15.0 Å². The molecule has 3 aromatic rings. The van der Waals surface area contributed by atoms with E-state index in [4.69, 9.17) is 9.47 Å². The molecule has 0 radical (unpaired) electrons. The second kappa shape index (κ2) is 8.57. The highest BCUT2D eigenvalue weighted by molar-refractivity contribution is 5.57. The molecule has 1 unspecified atom stereocenters. The highest BCUT2D eigenvalue weighted by atomic mass is 16.5. The Morgan fingerprint density at radius 2 is 2.03 bits per heavy atom. The van der Waals surface area contributed by atoms with Gasteiger partial charge in [-0.05, 0) is 43.5 Å². The topological polar surface area (TPSA) is 80.3 Å². The normalized spacial score (nSPS) is 16.0. The van der Waals surface area contributed by atoms with Crippen LogP contribution >= 0.6 is 0 Å². The standard InChI is InChI=1S/C23H26N4O3/c1-4-16-12-22(28)26-23(25-16)15-7-10-21(24-14-15)27-11-5-6-19(27)18-9-8-17(29-2)13-20(18)30-3/h7-10,12-14,19H,4-6,11H2,1-3H3,(H,25,26,28). The van der Waals surface area contributed by atoms with Crippen LogP contribution in [0.3, 0.4) is 0 Å². The Hall–Kier alpha value is -3.35. The minimum Gasteiger partial charge on any atom is -0.497 e. The third kappa shape index (κ3) is 3.87. The van der Waals surface area contributed by atoms with Gasteiger partial charge in [-0.2, -0.15) is 0 Å². The van der Waals surface area contributed by atoms with E-state index in [1.165, 1.54) is 6.07 Å². The predicted octanol–water partition coefficient (Wildman–Crippen LogP) is 3.75. The fourth-order valence-electron chi connectivity index (χ4n) is 3.98. The lowest BCUT2D eigenvalue weighted by Gasteiger charge is -2.27. The molecule has 0 spiro atoms. The number of aromatic amines is 1. The highest BCUT2D eigenvalue weighted by Crippen LogP contribution is 2.40. The number of nitrogens with zero attached hydrogens (tertiary/aromatic N) is 3. The van der Waals surface area contributed by atoms with Crippen molar-refractivity contribution in [1.29, 1.82) is 0 Å². The molecule has 7 heteroatoms. The monoisotopic (exact) mass is 406 g/mol. The summed E-state index contributed by atoms with van der Waals surface area (Å²) in [4.78, 5) is 26.2. The Morgan fingerprint density at radius 1 is 1.17 bits per heavy atom. The number of H-pyrrole nitrogens is 1. The number of pyridine rings is 1. The Kier molecular flexibility index (Phi) is 5.70. The first-order valence-corrected chi connectivity index (χ1v) is 10.2. The van der Waals surface area contributed by atoms with Crippen molar-refractivity contribution in [2.24, 2.45) is 0 Å². The lowest BCUT2D eigenvalue weighted by molar-refractivity contribution is 0.388. The Morgan fingerprint density at radius 3 is 2.73 bits per heavy atom. The molecule has 0 bridgehead atoms. The van der Waals surface area contributed by atoms with E-state index in [1.54, 1.807) is 20.4 Å². The zero-order valence-electron chi connectivity index (χ0n) is 17.5. The van der Waals surface area contributed by atoms with Crippen LogP contribution in [0, 0.1) is 0 Å². The molecule has 1 N–H and O–H groups in total. The number of anilines is 1. The van der Waals surface area contributed by atoms with Gasteiger partial charge in [0.25, 0.3) is 5.56 Å². The summed E-state index contributed by atoms with van der Waals surface area (Å²) in [7, 11) is 3.34. The van der Waals surface area contributed by atoms with Crippen LogP contribution in [0.4, 0.5) is 5.82 Å². The molecule has 7 nitrogen and oxygen atoms in total. The molecule has 1 atom stereocenters. The Balaban J connectivity index is 1.63. The van der Waals surface area contributed by atoms with Crippen molar-refractivity contribution in [2.75, 3.05) is 25.7 Å². The lowest BCUT2D eigenvalue weighted by Crippen LogP contribution is -2.24. The smallest absolute Gasteiger partial charge is 0.251 e. The van der Waals surface area contributed by atoms with E-state index in [-0.39, 0.29) is 11.6 Å². The molecular weight excluding hydrogens is 380 g/mol. The maximum atomic E-state index is 11.9. The molecule has 156 valence electrons. The van der Waals surface area contributed by atoms with Crippen molar-refractivity contribution in [3.63, 3.8) is 0 Å². The number of benzene rings is 1. The van der Waals surface area contributed by atoms with Crippen molar-refractivity contribution >= 4 is 5.82 Å². The van der Waals surface area contributed by atoms with Gasteiger partial charge >= 0.3 is 0 Å².